The van der Waals surface area contributed by atoms with Crippen molar-refractivity contribution in [2.45, 2.75) is 30.8 Å². The number of aliphatic hydroxyl groups is 1. The van der Waals surface area contributed by atoms with Gasteiger partial charge in [0.25, 0.3) is 0 Å². The third kappa shape index (κ3) is 4.02. The number of halogens is 3. The number of alkyl halides is 2. The molecule has 0 heterocycles. The number of rotatable bonds is 5. The Bertz CT molecular complexity index is 1080. The van der Waals surface area contributed by atoms with Gasteiger partial charge in [0.05, 0.1) is 11.6 Å². The van der Waals surface area contributed by atoms with Crippen LogP contribution in [0.3, 0.4) is 0 Å². The first-order chi connectivity index (χ1) is 14.0. The maximum atomic E-state index is 14.7. The third-order valence-corrected chi connectivity index (χ3v) is 4.92. The molecule has 2 aromatic rings. The number of benzene rings is 2. The number of hydrogen-bond donors (Lipinski definition) is 1. The topological polar surface area (TPSA) is 120 Å². The van der Waals surface area contributed by atoms with Gasteiger partial charge in [-0.1, -0.05) is 17.1 Å². The number of nitrogens with zero attached hydrogens (tertiary/aromatic N) is 1. The summed E-state index contributed by atoms with van der Waals surface area (Å²) in [5.74, 6) is -7.08. The molecule has 0 saturated heterocycles. The number of hydrogen-bond acceptors (Lipinski definition) is 7. The molecule has 0 saturated carbocycles. The van der Waals surface area contributed by atoms with Crippen LogP contribution in [0.2, 0.25) is 0 Å². The van der Waals surface area contributed by atoms with Gasteiger partial charge < -0.3 is 19.1 Å². The number of nitriles is 1. The van der Waals surface area contributed by atoms with E-state index in [0.29, 0.717) is 0 Å². The van der Waals surface area contributed by atoms with Crippen molar-refractivity contribution in [1.82, 2.24) is 0 Å². The third-order valence-electron chi connectivity index (χ3n) is 4.37. The Morgan fingerprint density at radius 1 is 1.33 bits per heavy atom. The lowest BCUT2D eigenvalue weighted by atomic mass is 10.0. The van der Waals surface area contributed by atoms with E-state index in [1.165, 1.54) is 6.07 Å². The molecular weight excluding hydrogens is 427 g/mol. The maximum Gasteiger partial charge on any atom is 0.317 e. The summed E-state index contributed by atoms with van der Waals surface area (Å²) in [4.78, 5) is 11.4. The van der Waals surface area contributed by atoms with Crippen molar-refractivity contribution < 1.29 is 41.3 Å². The van der Waals surface area contributed by atoms with E-state index in [9.17, 15) is 31.8 Å². The second-order valence-corrected chi connectivity index (χ2v) is 7.35. The van der Waals surface area contributed by atoms with E-state index in [4.69, 9.17) is 14.7 Å². The van der Waals surface area contributed by atoms with Gasteiger partial charge >= 0.3 is 11.9 Å². The van der Waals surface area contributed by atoms with Crippen molar-refractivity contribution in [3.8, 4) is 17.6 Å². The molecule has 0 spiro atoms. The van der Waals surface area contributed by atoms with Gasteiger partial charge in [-0.05, 0) is 23.8 Å². The lowest BCUT2D eigenvalue weighted by Crippen LogP contribution is -2.30. The minimum Gasteiger partial charge on any atom is -0.772 e. The molecule has 7 nitrogen and oxygen atoms in total. The Hall–Kier alpha value is -2.94. The highest BCUT2D eigenvalue weighted by atomic mass is 32.2. The first-order valence-corrected chi connectivity index (χ1v) is 9.62. The number of aliphatic hydroxyl groups excluding tert-OH is 1. The van der Waals surface area contributed by atoms with Crippen LogP contribution in [0.1, 0.15) is 41.4 Å². The Labute approximate surface area is 170 Å². The van der Waals surface area contributed by atoms with Gasteiger partial charge in [0.15, 0.2) is 12.2 Å². The number of ether oxygens (including phenoxy) is 2. The molecule has 0 fully saturated rings. The monoisotopic (exact) mass is 440 g/mol. The van der Waals surface area contributed by atoms with Gasteiger partial charge in [0.1, 0.15) is 17.3 Å². The summed E-state index contributed by atoms with van der Waals surface area (Å²) >= 11 is -2.67. The zero-order chi connectivity index (χ0) is 22.2. The summed E-state index contributed by atoms with van der Waals surface area (Å²) in [6.07, 6.45) is -4.74. The smallest absolute Gasteiger partial charge is 0.317 e. The van der Waals surface area contributed by atoms with E-state index in [2.05, 4.69) is 0 Å². The maximum absolute atomic E-state index is 14.7. The van der Waals surface area contributed by atoms with E-state index in [1.807, 2.05) is 0 Å². The van der Waals surface area contributed by atoms with Gasteiger partial charge in [-0.2, -0.15) is 14.0 Å². The first-order valence-electron chi connectivity index (χ1n) is 8.37. The predicted octanol–water partition coefficient (Wildman–Crippen LogP) is 3.16. The molecule has 3 rings (SSSR count). The minimum absolute atomic E-state index is 0.0938. The Balaban J connectivity index is 2.18. The van der Waals surface area contributed by atoms with Gasteiger partial charge in [-0.3, -0.25) is 9.00 Å². The Morgan fingerprint density at radius 3 is 2.63 bits per heavy atom. The van der Waals surface area contributed by atoms with Gasteiger partial charge in [-0.25, -0.2) is 4.39 Å². The molecule has 1 aliphatic rings. The average molecular weight is 440 g/mol. The van der Waals surface area contributed by atoms with Gasteiger partial charge in [-0.15, -0.1) is 0 Å². The van der Waals surface area contributed by atoms with Crippen molar-refractivity contribution in [3.63, 3.8) is 0 Å². The molecule has 3 atom stereocenters. The van der Waals surface area contributed by atoms with E-state index >= 15 is 0 Å². The number of esters is 1. The molecule has 0 amide bonds. The fourth-order valence-corrected chi connectivity index (χ4v) is 3.75. The van der Waals surface area contributed by atoms with Crippen LogP contribution in [-0.2, 0) is 26.4 Å². The summed E-state index contributed by atoms with van der Waals surface area (Å²) in [5, 5.41) is 19.2. The largest absolute Gasteiger partial charge is 0.772 e. The van der Waals surface area contributed by atoms with Crippen LogP contribution in [0.25, 0.3) is 0 Å². The SMILES string of the molecule is CC(=O)O[C@H]1c2c(CS(=O)[O-])ccc(Oc3cc(F)cc(C#N)c3)c2[C@H](O)C1(F)F. The summed E-state index contributed by atoms with van der Waals surface area (Å²) in [5.41, 5.74) is -1.10. The quantitative estimate of drug-likeness (QED) is 0.560. The van der Waals surface area contributed by atoms with E-state index in [-0.39, 0.29) is 22.6 Å². The van der Waals surface area contributed by atoms with Crippen molar-refractivity contribution in [1.29, 1.82) is 5.26 Å². The zero-order valence-electron chi connectivity index (χ0n) is 15.2. The van der Waals surface area contributed by atoms with Crippen molar-refractivity contribution in [2.75, 3.05) is 0 Å². The molecule has 1 unspecified atom stereocenters. The lowest BCUT2D eigenvalue weighted by molar-refractivity contribution is -0.193. The molecule has 2 aromatic carbocycles. The van der Waals surface area contributed by atoms with E-state index < -0.39 is 57.9 Å². The lowest BCUT2D eigenvalue weighted by Gasteiger charge is -2.22. The van der Waals surface area contributed by atoms with Crippen LogP contribution in [0, 0.1) is 17.1 Å². The fourth-order valence-electron chi connectivity index (χ4n) is 3.24. The van der Waals surface area contributed by atoms with Crippen LogP contribution in [0.5, 0.6) is 11.5 Å². The average Bonchev–Trinajstić information content (AvgIpc) is 2.84. The molecule has 0 bridgehead atoms. The van der Waals surface area contributed by atoms with Crippen LogP contribution in [0.15, 0.2) is 30.3 Å². The summed E-state index contributed by atoms with van der Waals surface area (Å²) in [6, 6.07) is 7.00. The first kappa shape index (κ1) is 21.8. The highest BCUT2D eigenvalue weighted by molar-refractivity contribution is 7.78. The summed E-state index contributed by atoms with van der Waals surface area (Å²) in [7, 11) is 0. The Kier molecular flexibility index (Phi) is 5.85. The fraction of sp³-hybridized carbons (Fsp3) is 0.263. The number of carbonyl (C=O) groups excluding carboxylic acids is 1. The van der Waals surface area contributed by atoms with Crippen LogP contribution in [0.4, 0.5) is 13.2 Å². The summed E-state index contributed by atoms with van der Waals surface area (Å²) < 4.78 is 75.6. The second kappa shape index (κ2) is 8.06. The molecule has 1 aliphatic carbocycles. The van der Waals surface area contributed by atoms with Crippen LogP contribution >= 0.6 is 0 Å². The number of fused-ring (bicyclic) bond motifs is 1. The normalized spacial score (nSPS) is 20.2. The number of carbonyl (C=O) groups is 1. The molecule has 0 aromatic heterocycles. The Morgan fingerprint density at radius 2 is 2.03 bits per heavy atom. The van der Waals surface area contributed by atoms with Crippen LogP contribution in [-0.4, -0.2) is 25.8 Å². The van der Waals surface area contributed by atoms with Gasteiger partial charge in [0, 0.05) is 29.9 Å². The van der Waals surface area contributed by atoms with Gasteiger partial charge in [0.2, 0.25) is 0 Å². The van der Waals surface area contributed by atoms with Crippen molar-refractivity contribution in [3.05, 3.63) is 58.4 Å². The zero-order valence-corrected chi connectivity index (χ0v) is 16.0. The van der Waals surface area contributed by atoms with E-state index in [1.54, 1.807) is 6.07 Å². The second-order valence-electron chi connectivity index (χ2n) is 6.45. The standard InChI is InChI=1S/C19H14F3NO6S/c1-9(24)28-18-15-11(8-30(26)27)2-3-14(16(15)17(25)19(18,21)22)29-13-5-10(7-23)4-12(20)6-13/h2-6,17-18,25H,8H2,1H3,(H,26,27)/p-1/t17-,18-/m0/s1. The van der Waals surface area contributed by atoms with Crippen molar-refractivity contribution >= 4 is 17.0 Å². The highest BCUT2D eigenvalue weighted by Crippen LogP contribution is 2.56. The highest BCUT2D eigenvalue weighted by Gasteiger charge is 2.59. The molecule has 0 radical (unpaired) electrons. The molecule has 11 heteroatoms. The van der Waals surface area contributed by atoms with Crippen molar-refractivity contribution in [2.24, 2.45) is 0 Å². The molecule has 1 N–H and O–H groups in total. The van der Waals surface area contributed by atoms with E-state index in [0.717, 1.165) is 31.2 Å². The molecular formula is C19H13F3NO6S-. The molecule has 158 valence electrons. The summed E-state index contributed by atoms with van der Waals surface area (Å²) in [6.45, 7) is 0.891. The molecule has 0 aliphatic heterocycles. The minimum atomic E-state index is -3.98. The predicted molar refractivity (Wildman–Crippen MR) is 94.7 cm³/mol. The van der Waals surface area contributed by atoms with Crippen LogP contribution < -0.4 is 4.74 Å². The molecule has 30 heavy (non-hydrogen) atoms.